The predicted octanol–water partition coefficient (Wildman–Crippen LogP) is 3.53. The number of para-hydroxylation sites is 2. The molecule has 2 aromatic carbocycles. The Labute approximate surface area is 179 Å². The molecule has 3 rings (SSSR count). The Balaban J connectivity index is 1.41. The molecule has 0 amide bonds. The average molecular weight is 406 g/mol. The van der Waals surface area contributed by atoms with Crippen LogP contribution in [0.4, 0.5) is 0 Å². The molecule has 6 heteroatoms. The Morgan fingerprint density at radius 2 is 1.70 bits per heavy atom. The highest BCUT2D eigenvalue weighted by Gasteiger charge is 2.07. The molecule has 1 heterocycles. The monoisotopic (exact) mass is 405 g/mol. The van der Waals surface area contributed by atoms with Crippen LogP contribution < -0.4 is 15.4 Å². The summed E-state index contributed by atoms with van der Waals surface area (Å²) in [5.74, 6) is 1.75. The SMILES string of the molecule is CN=C(NCCCc1cn(-c2ccccc2)nc1C)NCCc1ccccc1OC. The Morgan fingerprint density at radius 3 is 2.47 bits per heavy atom. The molecule has 0 spiro atoms. The third-order valence-electron chi connectivity index (χ3n) is 5.04. The van der Waals surface area contributed by atoms with Crippen LogP contribution >= 0.6 is 0 Å². The van der Waals surface area contributed by atoms with E-state index in [0.717, 1.165) is 55.4 Å². The Morgan fingerprint density at radius 1 is 0.967 bits per heavy atom. The van der Waals surface area contributed by atoms with Crippen LogP contribution in [0.15, 0.2) is 65.8 Å². The first-order chi connectivity index (χ1) is 14.7. The van der Waals surface area contributed by atoms with Gasteiger partial charge in [-0.05, 0) is 55.5 Å². The maximum Gasteiger partial charge on any atom is 0.190 e. The number of hydrogen-bond acceptors (Lipinski definition) is 3. The highest BCUT2D eigenvalue weighted by Crippen LogP contribution is 2.17. The van der Waals surface area contributed by atoms with Gasteiger partial charge in [-0.2, -0.15) is 5.10 Å². The fourth-order valence-corrected chi connectivity index (χ4v) is 3.39. The smallest absolute Gasteiger partial charge is 0.190 e. The van der Waals surface area contributed by atoms with E-state index in [9.17, 15) is 0 Å². The summed E-state index contributed by atoms with van der Waals surface area (Å²) in [5, 5.41) is 11.4. The number of aromatic nitrogens is 2. The molecule has 1 aromatic heterocycles. The summed E-state index contributed by atoms with van der Waals surface area (Å²) < 4.78 is 7.36. The van der Waals surface area contributed by atoms with Crippen molar-refractivity contribution < 1.29 is 4.74 Å². The van der Waals surface area contributed by atoms with Crippen LogP contribution in [-0.2, 0) is 12.8 Å². The number of guanidine groups is 1. The lowest BCUT2D eigenvalue weighted by Gasteiger charge is -2.13. The normalized spacial score (nSPS) is 11.4. The van der Waals surface area contributed by atoms with E-state index in [1.54, 1.807) is 14.2 Å². The van der Waals surface area contributed by atoms with E-state index in [1.807, 2.05) is 41.1 Å². The fraction of sp³-hybridized carbons (Fsp3) is 0.333. The minimum Gasteiger partial charge on any atom is -0.496 e. The molecule has 0 radical (unpaired) electrons. The van der Waals surface area contributed by atoms with E-state index >= 15 is 0 Å². The molecule has 6 nitrogen and oxygen atoms in total. The second kappa shape index (κ2) is 11.0. The molecule has 3 aromatic rings. The van der Waals surface area contributed by atoms with Gasteiger partial charge >= 0.3 is 0 Å². The van der Waals surface area contributed by atoms with E-state index in [1.165, 1.54) is 11.1 Å². The first-order valence-corrected chi connectivity index (χ1v) is 10.4. The molecule has 0 fully saturated rings. The summed E-state index contributed by atoms with van der Waals surface area (Å²) in [6.45, 7) is 3.72. The van der Waals surface area contributed by atoms with Crippen molar-refractivity contribution in [2.75, 3.05) is 27.2 Å². The number of ether oxygens (including phenoxy) is 1. The number of nitrogens with one attached hydrogen (secondary N) is 2. The zero-order valence-electron chi connectivity index (χ0n) is 18.1. The maximum absolute atomic E-state index is 5.41. The molecular formula is C24H31N5O. The molecule has 2 N–H and O–H groups in total. The van der Waals surface area contributed by atoms with Crippen molar-refractivity contribution in [3.8, 4) is 11.4 Å². The van der Waals surface area contributed by atoms with Gasteiger partial charge in [0.25, 0.3) is 0 Å². The lowest BCUT2D eigenvalue weighted by Crippen LogP contribution is -2.38. The van der Waals surface area contributed by atoms with Crippen molar-refractivity contribution in [1.29, 1.82) is 0 Å². The zero-order valence-corrected chi connectivity index (χ0v) is 18.1. The summed E-state index contributed by atoms with van der Waals surface area (Å²) in [6, 6.07) is 18.3. The van der Waals surface area contributed by atoms with E-state index in [-0.39, 0.29) is 0 Å². The molecule has 0 atom stereocenters. The fourth-order valence-electron chi connectivity index (χ4n) is 3.39. The lowest BCUT2D eigenvalue weighted by atomic mass is 10.1. The molecule has 0 saturated heterocycles. The lowest BCUT2D eigenvalue weighted by molar-refractivity contribution is 0.409. The zero-order chi connectivity index (χ0) is 21.2. The van der Waals surface area contributed by atoms with Crippen LogP contribution in [0.1, 0.15) is 23.2 Å². The first kappa shape index (κ1) is 21.4. The minimum absolute atomic E-state index is 0.795. The molecule has 0 unspecified atom stereocenters. The Hall–Kier alpha value is -3.28. The molecule has 30 heavy (non-hydrogen) atoms. The van der Waals surface area contributed by atoms with Crippen molar-refractivity contribution in [2.45, 2.75) is 26.2 Å². The van der Waals surface area contributed by atoms with Gasteiger partial charge in [0, 0.05) is 26.3 Å². The first-order valence-electron chi connectivity index (χ1n) is 10.4. The second-order valence-corrected chi connectivity index (χ2v) is 7.11. The largest absolute Gasteiger partial charge is 0.496 e. The number of methoxy groups -OCH3 is 1. The topological polar surface area (TPSA) is 63.5 Å². The van der Waals surface area contributed by atoms with Crippen LogP contribution in [0.2, 0.25) is 0 Å². The van der Waals surface area contributed by atoms with Gasteiger partial charge in [0.2, 0.25) is 0 Å². The van der Waals surface area contributed by atoms with Crippen molar-refractivity contribution >= 4 is 5.96 Å². The number of hydrogen-bond donors (Lipinski definition) is 2. The number of aliphatic imine (C=N–C) groups is 1. The molecular weight excluding hydrogens is 374 g/mol. The van der Waals surface area contributed by atoms with Gasteiger partial charge in [-0.3, -0.25) is 4.99 Å². The number of aryl methyl sites for hydroxylation is 2. The van der Waals surface area contributed by atoms with Gasteiger partial charge in [-0.15, -0.1) is 0 Å². The number of rotatable bonds is 9. The summed E-state index contributed by atoms with van der Waals surface area (Å²) in [7, 11) is 3.50. The van der Waals surface area contributed by atoms with Gasteiger partial charge < -0.3 is 15.4 Å². The summed E-state index contributed by atoms with van der Waals surface area (Å²) >= 11 is 0. The van der Waals surface area contributed by atoms with E-state index in [2.05, 4.69) is 52.0 Å². The van der Waals surface area contributed by atoms with Crippen molar-refractivity contribution in [2.24, 2.45) is 4.99 Å². The molecule has 158 valence electrons. The Kier molecular flexibility index (Phi) is 7.89. The minimum atomic E-state index is 0.795. The summed E-state index contributed by atoms with van der Waals surface area (Å²) in [5.41, 5.74) is 4.64. The van der Waals surface area contributed by atoms with Crippen LogP contribution in [0.5, 0.6) is 5.75 Å². The van der Waals surface area contributed by atoms with Gasteiger partial charge in [-0.1, -0.05) is 36.4 Å². The predicted molar refractivity (Wildman–Crippen MR) is 123 cm³/mol. The van der Waals surface area contributed by atoms with Crippen LogP contribution in [-0.4, -0.2) is 43.0 Å². The van der Waals surface area contributed by atoms with Gasteiger partial charge in [0.05, 0.1) is 18.5 Å². The van der Waals surface area contributed by atoms with E-state index < -0.39 is 0 Å². The quantitative estimate of drug-likeness (QED) is 0.325. The van der Waals surface area contributed by atoms with E-state index in [0.29, 0.717) is 0 Å². The molecule has 0 aliphatic carbocycles. The van der Waals surface area contributed by atoms with Gasteiger partial charge in [0.15, 0.2) is 5.96 Å². The maximum atomic E-state index is 5.41. The van der Waals surface area contributed by atoms with Crippen LogP contribution in [0.3, 0.4) is 0 Å². The second-order valence-electron chi connectivity index (χ2n) is 7.11. The molecule has 0 saturated carbocycles. The molecule has 0 aliphatic rings. The Bertz CT molecular complexity index is 949. The standard InChI is InChI=1S/C24H31N5O/c1-19-21(18-29(28-19)22-12-5-4-6-13-22)11-9-16-26-24(25-2)27-17-15-20-10-7-8-14-23(20)30-3/h4-8,10,12-14,18H,9,11,15-17H2,1-3H3,(H2,25,26,27). The highest BCUT2D eigenvalue weighted by molar-refractivity contribution is 5.79. The third-order valence-corrected chi connectivity index (χ3v) is 5.04. The molecule has 0 bridgehead atoms. The average Bonchev–Trinajstić information content (AvgIpc) is 3.16. The van der Waals surface area contributed by atoms with Crippen LogP contribution in [0, 0.1) is 6.92 Å². The number of nitrogens with zero attached hydrogens (tertiary/aromatic N) is 3. The van der Waals surface area contributed by atoms with Crippen molar-refractivity contribution in [3.63, 3.8) is 0 Å². The summed E-state index contributed by atoms with van der Waals surface area (Å²) in [4.78, 5) is 4.31. The van der Waals surface area contributed by atoms with Gasteiger partial charge in [0.1, 0.15) is 5.75 Å². The van der Waals surface area contributed by atoms with Crippen molar-refractivity contribution in [1.82, 2.24) is 20.4 Å². The van der Waals surface area contributed by atoms with Crippen LogP contribution in [0.25, 0.3) is 5.69 Å². The van der Waals surface area contributed by atoms with Crippen molar-refractivity contribution in [3.05, 3.63) is 77.6 Å². The van der Waals surface area contributed by atoms with E-state index in [4.69, 9.17) is 4.74 Å². The third kappa shape index (κ3) is 5.86. The summed E-state index contributed by atoms with van der Waals surface area (Å²) in [6.07, 6.45) is 4.99. The van der Waals surface area contributed by atoms with Gasteiger partial charge in [-0.25, -0.2) is 4.68 Å². The number of benzene rings is 2. The highest BCUT2D eigenvalue weighted by atomic mass is 16.5. The molecule has 0 aliphatic heterocycles.